The van der Waals surface area contributed by atoms with Gasteiger partial charge in [0.25, 0.3) is 0 Å². The summed E-state index contributed by atoms with van der Waals surface area (Å²) >= 11 is 7.01. The van der Waals surface area contributed by atoms with E-state index < -0.39 is 0 Å². The molecule has 2 unspecified atom stereocenters. The Balaban J connectivity index is 2.30. The van der Waals surface area contributed by atoms with Gasteiger partial charge in [0.2, 0.25) is 0 Å². The minimum Gasteiger partial charge on any atom is -0.483 e. The normalized spacial score (nSPS) is 13.8. The van der Waals surface area contributed by atoms with Crippen LogP contribution in [0.4, 0.5) is 0 Å². The maximum absolute atomic E-state index is 6.26. The predicted octanol–water partition coefficient (Wildman–Crippen LogP) is 5.38. The van der Waals surface area contributed by atoms with Crippen LogP contribution < -0.4 is 10.5 Å². The highest BCUT2D eigenvalue weighted by atomic mass is 79.9. The summed E-state index contributed by atoms with van der Waals surface area (Å²) < 4.78 is 8.19. The van der Waals surface area contributed by atoms with Crippen LogP contribution in [0.25, 0.3) is 0 Å². The van der Waals surface area contributed by atoms with Crippen LogP contribution in [0.1, 0.15) is 30.6 Å². The summed E-state index contributed by atoms with van der Waals surface area (Å²) in [6.45, 7) is 4.13. The molecule has 2 N–H and O–H groups in total. The van der Waals surface area contributed by atoms with Crippen molar-refractivity contribution in [2.75, 3.05) is 0 Å². The van der Waals surface area contributed by atoms with Gasteiger partial charge in [-0.1, -0.05) is 41.1 Å². The fourth-order valence-corrected chi connectivity index (χ4v) is 2.96. The number of ether oxygens (including phenoxy) is 1. The van der Waals surface area contributed by atoms with E-state index in [1.807, 2.05) is 42.5 Å². The Hall–Kier alpha value is -0.840. The number of hydrogen-bond acceptors (Lipinski definition) is 2. The van der Waals surface area contributed by atoms with Crippen LogP contribution in [0, 0.1) is 6.92 Å². The van der Waals surface area contributed by atoms with E-state index in [4.69, 9.17) is 10.5 Å². The summed E-state index contributed by atoms with van der Waals surface area (Å²) in [5.74, 6) is 0.817. The van der Waals surface area contributed by atoms with Crippen LogP contribution in [0.15, 0.2) is 51.4 Å². The van der Waals surface area contributed by atoms with Gasteiger partial charge in [0.15, 0.2) is 0 Å². The topological polar surface area (TPSA) is 35.2 Å². The van der Waals surface area contributed by atoms with Crippen LogP contribution in [-0.4, -0.2) is 6.04 Å². The quantitative estimate of drug-likeness (QED) is 0.715. The van der Waals surface area contributed by atoms with Crippen molar-refractivity contribution >= 4 is 31.9 Å². The van der Waals surface area contributed by atoms with Crippen molar-refractivity contribution in [3.05, 3.63) is 62.5 Å². The van der Waals surface area contributed by atoms with Gasteiger partial charge in [-0.2, -0.15) is 0 Å². The van der Waals surface area contributed by atoms with Gasteiger partial charge in [-0.15, -0.1) is 0 Å². The number of nitrogens with two attached hydrogens (primary N) is 1. The molecule has 0 aliphatic carbocycles. The van der Waals surface area contributed by atoms with Gasteiger partial charge < -0.3 is 10.5 Å². The van der Waals surface area contributed by atoms with Gasteiger partial charge in [-0.25, -0.2) is 0 Å². The first-order valence-electron chi connectivity index (χ1n) is 6.95. The molecular formula is C17H19Br2NO. The standard InChI is InChI=1S/C17H19Br2NO/c1-3-15(20)17(12-5-7-13(18)8-6-12)21-16-9-4-11(2)10-14(16)19/h4-10,15,17H,3,20H2,1-2H3. The highest BCUT2D eigenvalue weighted by Gasteiger charge is 2.21. The lowest BCUT2D eigenvalue weighted by Crippen LogP contribution is -2.31. The summed E-state index contributed by atoms with van der Waals surface area (Å²) in [5, 5.41) is 0. The molecule has 0 heterocycles. The average Bonchev–Trinajstić information content (AvgIpc) is 2.47. The van der Waals surface area contributed by atoms with Crippen LogP contribution in [-0.2, 0) is 0 Å². The van der Waals surface area contributed by atoms with E-state index >= 15 is 0 Å². The fourth-order valence-electron chi connectivity index (χ4n) is 2.11. The molecular weight excluding hydrogens is 394 g/mol. The zero-order valence-electron chi connectivity index (χ0n) is 12.1. The minimum absolute atomic E-state index is 0.0561. The SMILES string of the molecule is CCC(N)C(Oc1ccc(C)cc1Br)c1ccc(Br)cc1. The highest BCUT2D eigenvalue weighted by Crippen LogP contribution is 2.32. The summed E-state index contributed by atoms with van der Waals surface area (Å²) in [6, 6.07) is 14.1. The molecule has 2 aromatic rings. The molecule has 0 saturated carbocycles. The minimum atomic E-state index is -0.165. The molecule has 2 nitrogen and oxygen atoms in total. The third-order valence-corrected chi connectivity index (χ3v) is 4.55. The van der Waals surface area contributed by atoms with E-state index in [2.05, 4.69) is 45.7 Å². The molecule has 0 aliphatic heterocycles. The Morgan fingerprint density at radius 1 is 1.10 bits per heavy atom. The van der Waals surface area contributed by atoms with Gasteiger partial charge in [-0.3, -0.25) is 0 Å². The van der Waals surface area contributed by atoms with Crippen LogP contribution in [0.3, 0.4) is 0 Å². The zero-order chi connectivity index (χ0) is 15.4. The Kier molecular flexibility index (Phi) is 5.85. The van der Waals surface area contributed by atoms with E-state index in [0.717, 1.165) is 26.7 Å². The molecule has 0 amide bonds. The second-order valence-electron chi connectivity index (χ2n) is 5.10. The zero-order valence-corrected chi connectivity index (χ0v) is 15.3. The van der Waals surface area contributed by atoms with Crippen LogP contribution >= 0.6 is 31.9 Å². The molecule has 2 aromatic carbocycles. The molecule has 2 rings (SSSR count). The Morgan fingerprint density at radius 3 is 2.33 bits per heavy atom. The van der Waals surface area contributed by atoms with E-state index in [0.29, 0.717) is 0 Å². The molecule has 0 aliphatic rings. The van der Waals surface area contributed by atoms with Gasteiger partial charge in [0, 0.05) is 10.5 Å². The van der Waals surface area contributed by atoms with Gasteiger partial charge >= 0.3 is 0 Å². The Labute approximate surface area is 143 Å². The van der Waals surface area contributed by atoms with Crippen LogP contribution in [0.5, 0.6) is 5.75 Å². The fraction of sp³-hybridized carbons (Fsp3) is 0.294. The van der Waals surface area contributed by atoms with Crippen molar-refractivity contribution in [1.82, 2.24) is 0 Å². The number of aryl methyl sites for hydroxylation is 1. The summed E-state index contributed by atoms with van der Waals surface area (Å²) in [4.78, 5) is 0. The summed E-state index contributed by atoms with van der Waals surface area (Å²) in [6.07, 6.45) is 0.687. The second kappa shape index (κ2) is 7.43. The molecule has 112 valence electrons. The van der Waals surface area contributed by atoms with Crippen molar-refractivity contribution in [2.24, 2.45) is 5.73 Å². The Bertz CT molecular complexity index is 598. The number of halogens is 2. The first kappa shape index (κ1) is 16.5. The third-order valence-electron chi connectivity index (χ3n) is 3.40. The second-order valence-corrected chi connectivity index (χ2v) is 6.87. The maximum Gasteiger partial charge on any atom is 0.139 e. The van der Waals surface area contributed by atoms with Gasteiger partial charge in [-0.05, 0) is 64.7 Å². The van der Waals surface area contributed by atoms with Crippen LogP contribution in [0.2, 0.25) is 0 Å². The molecule has 0 aromatic heterocycles. The van der Waals surface area contributed by atoms with Crippen molar-refractivity contribution in [3.8, 4) is 5.75 Å². The molecule has 0 radical (unpaired) electrons. The first-order valence-corrected chi connectivity index (χ1v) is 8.53. The highest BCUT2D eigenvalue weighted by molar-refractivity contribution is 9.10. The summed E-state index contributed by atoms with van der Waals surface area (Å²) in [7, 11) is 0. The molecule has 0 bridgehead atoms. The van der Waals surface area contributed by atoms with Crippen molar-refractivity contribution in [3.63, 3.8) is 0 Å². The number of rotatable bonds is 5. The van der Waals surface area contributed by atoms with Crippen molar-refractivity contribution in [1.29, 1.82) is 0 Å². The molecule has 0 spiro atoms. The Morgan fingerprint density at radius 2 is 1.76 bits per heavy atom. The van der Waals surface area contributed by atoms with Crippen molar-refractivity contribution < 1.29 is 4.74 Å². The molecule has 4 heteroatoms. The van der Waals surface area contributed by atoms with E-state index in [9.17, 15) is 0 Å². The monoisotopic (exact) mass is 411 g/mol. The molecule has 21 heavy (non-hydrogen) atoms. The maximum atomic E-state index is 6.26. The van der Waals surface area contributed by atoms with E-state index in [-0.39, 0.29) is 12.1 Å². The lowest BCUT2D eigenvalue weighted by molar-refractivity contribution is 0.170. The number of hydrogen-bond donors (Lipinski definition) is 1. The predicted molar refractivity (Wildman–Crippen MR) is 94.7 cm³/mol. The van der Waals surface area contributed by atoms with E-state index in [1.54, 1.807) is 0 Å². The summed E-state index contributed by atoms with van der Waals surface area (Å²) in [5.41, 5.74) is 8.54. The smallest absolute Gasteiger partial charge is 0.139 e. The first-order chi connectivity index (χ1) is 10.0. The lowest BCUT2D eigenvalue weighted by atomic mass is 10.0. The van der Waals surface area contributed by atoms with E-state index in [1.165, 1.54) is 5.56 Å². The average molecular weight is 413 g/mol. The molecule has 0 saturated heterocycles. The largest absolute Gasteiger partial charge is 0.483 e. The molecule has 0 fully saturated rings. The molecule has 2 atom stereocenters. The lowest BCUT2D eigenvalue weighted by Gasteiger charge is -2.25. The van der Waals surface area contributed by atoms with Gasteiger partial charge in [0.05, 0.1) is 4.47 Å². The van der Waals surface area contributed by atoms with Gasteiger partial charge in [0.1, 0.15) is 11.9 Å². The van der Waals surface area contributed by atoms with Crippen molar-refractivity contribution in [2.45, 2.75) is 32.4 Å². The number of benzene rings is 2. The third kappa shape index (κ3) is 4.31.